The standard InChI is InChI=1S/C19H19FN2O5S/c1-12(18(23)21-16-5-3-4-15(20)11-16)27-19(24)14-6-7-17-13(10-14)8-9-22(17)28(2,25)26/h3-7,10-12H,8-9H2,1-2H3,(H,21,23). The van der Waals surface area contributed by atoms with Crippen molar-refractivity contribution in [1.82, 2.24) is 0 Å². The van der Waals surface area contributed by atoms with Crippen LogP contribution in [0.4, 0.5) is 15.8 Å². The van der Waals surface area contributed by atoms with E-state index >= 15 is 0 Å². The number of ether oxygens (including phenoxy) is 1. The first kappa shape index (κ1) is 19.8. The van der Waals surface area contributed by atoms with E-state index in [0.717, 1.165) is 17.9 Å². The molecule has 0 radical (unpaired) electrons. The summed E-state index contributed by atoms with van der Waals surface area (Å²) in [4.78, 5) is 24.5. The van der Waals surface area contributed by atoms with Gasteiger partial charge in [-0.15, -0.1) is 0 Å². The van der Waals surface area contributed by atoms with E-state index in [4.69, 9.17) is 4.74 Å². The van der Waals surface area contributed by atoms with Gasteiger partial charge in [0.1, 0.15) is 5.82 Å². The highest BCUT2D eigenvalue weighted by Gasteiger charge is 2.27. The van der Waals surface area contributed by atoms with E-state index in [2.05, 4.69) is 5.32 Å². The van der Waals surface area contributed by atoms with Gasteiger partial charge in [0, 0.05) is 12.2 Å². The van der Waals surface area contributed by atoms with Crippen LogP contribution in [-0.2, 0) is 26.0 Å². The number of nitrogens with one attached hydrogen (secondary N) is 1. The summed E-state index contributed by atoms with van der Waals surface area (Å²) < 4.78 is 43.2. The van der Waals surface area contributed by atoms with Crippen LogP contribution in [-0.4, -0.2) is 39.2 Å². The SMILES string of the molecule is CC(OC(=O)c1ccc2c(c1)CCN2S(C)(=O)=O)C(=O)Nc1cccc(F)c1. The molecule has 0 aromatic heterocycles. The van der Waals surface area contributed by atoms with Gasteiger partial charge in [-0.25, -0.2) is 17.6 Å². The Morgan fingerprint density at radius 2 is 1.96 bits per heavy atom. The summed E-state index contributed by atoms with van der Waals surface area (Å²) in [6.07, 6.45) is 0.513. The lowest BCUT2D eigenvalue weighted by atomic mass is 10.1. The summed E-state index contributed by atoms with van der Waals surface area (Å²) >= 11 is 0. The van der Waals surface area contributed by atoms with Crippen molar-refractivity contribution in [3.05, 3.63) is 59.4 Å². The molecule has 28 heavy (non-hydrogen) atoms. The van der Waals surface area contributed by atoms with Crippen molar-refractivity contribution in [3.63, 3.8) is 0 Å². The molecule has 1 aliphatic heterocycles. The second-order valence-corrected chi connectivity index (χ2v) is 8.38. The zero-order chi connectivity index (χ0) is 20.5. The molecule has 0 saturated carbocycles. The Kier molecular flexibility index (Phi) is 5.37. The molecule has 0 saturated heterocycles. The van der Waals surface area contributed by atoms with Crippen LogP contribution in [0.15, 0.2) is 42.5 Å². The summed E-state index contributed by atoms with van der Waals surface area (Å²) in [5.41, 5.74) is 1.73. The summed E-state index contributed by atoms with van der Waals surface area (Å²) in [6, 6.07) is 9.95. The van der Waals surface area contributed by atoms with Gasteiger partial charge < -0.3 is 10.1 Å². The lowest BCUT2D eigenvalue weighted by molar-refractivity contribution is -0.123. The van der Waals surface area contributed by atoms with E-state index in [9.17, 15) is 22.4 Å². The molecule has 0 bridgehead atoms. The van der Waals surface area contributed by atoms with Crippen molar-refractivity contribution >= 4 is 33.3 Å². The number of amides is 1. The van der Waals surface area contributed by atoms with Gasteiger partial charge >= 0.3 is 5.97 Å². The van der Waals surface area contributed by atoms with Crippen molar-refractivity contribution in [2.24, 2.45) is 0 Å². The quantitative estimate of drug-likeness (QED) is 0.770. The third kappa shape index (κ3) is 4.30. The lowest BCUT2D eigenvalue weighted by Gasteiger charge is -2.17. The monoisotopic (exact) mass is 406 g/mol. The van der Waals surface area contributed by atoms with E-state index in [1.165, 1.54) is 35.5 Å². The zero-order valence-corrected chi connectivity index (χ0v) is 16.1. The van der Waals surface area contributed by atoms with Gasteiger partial charge in [-0.05, 0) is 55.3 Å². The average Bonchev–Trinajstić information content (AvgIpc) is 3.05. The highest BCUT2D eigenvalue weighted by Crippen LogP contribution is 2.31. The number of benzene rings is 2. The van der Waals surface area contributed by atoms with Gasteiger partial charge in [-0.2, -0.15) is 0 Å². The second kappa shape index (κ2) is 7.59. The van der Waals surface area contributed by atoms with Crippen LogP contribution < -0.4 is 9.62 Å². The molecule has 2 aromatic rings. The van der Waals surface area contributed by atoms with E-state index in [1.807, 2.05) is 0 Å². The fourth-order valence-corrected chi connectivity index (χ4v) is 3.89. The van der Waals surface area contributed by atoms with Gasteiger partial charge in [0.15, 0.2) is 6.10 Å². The van der Waals surface area contributed by atoms with Gasteiger partial charge in [0.05, 0.1) is 17.5 Å². The first-order chi connectivity index (χ1) is 13.1. The number of fused-ring (bicyclic) bond motifs is 1. The minimum Gasteiger partial charge on any atom is -0.449 e. The van der Waals surface area contributed by atoms with Crippen molar-refractivity contribution in [2.75, 3.05) is 22.4 Å². The van der Waals surface area contributed by atoms with Crippen LogP contribution in [0.5, 0.6) is 0 Å². The highest BCUT2D eigenvalue weighted by atomic mass is 32.2. The van der Waals surface area contributed by atoms with Gasteiger partial charge in [0.25, 0.3) is 5.91 Å². The number of hydrogen-bond acceptors (Lipinski definition) is 5. The van der Waals surface area contributed by atoms with Crippen LogP contribution in [0.25, 0.3) is 0 Å². The predicted molar refractivity (Wildman–Crippen MR) is 102 cm³/mol. The third-order valence-corrected chi connectivity index (χ3v) is 5.49. The molecule has 3 rings (SSSR count). The Labute approximate surface area is 162 Å². The van der Waals surface area contributed by atoms with Gasteiger partial charge in [-0.3, -0.25) is 9.10 Å². The Bertz CT molecular complexity index is 1040. The Hall–Kier alpha value is -2.94. The fraction of sp³-hybridized carbons (Fsp3) is 0.263. The van der Waals surface area contributed by atoms with Crippen molar-refractivity contribution in [3.8, 4) is 0 Å². The Morgan fingerprint density at radius 3 is 2.64 bits per heavy atom. The third-order valence-electron chi connectivity index (χ3n) is 4.31. The summed E-state index contributed by atoms with van der Waals surface area (Å²) in [6.45, 7) is 1.73. The van der Waals surface area contributed by atoms with E-state index in [-0.39, 0.29) is 11.3 Å². The first-order valence-corrected chi connectivity index (χ1v) is 10.4. The summed E-state index contributed by atoms with van der Waals surface area (Å²) in [5.74, 6) is -1.80. The van der Waals surface area contributed by atoms with Crippen molar-refractivity contribution in [2.45, 2.75) is 19.4 Å². The van der Waals surface area contributed by atoms with Crippen molar-refractivity contribution in [1.29, 1.82) is 0 Å². The molecule has 1 unspecified atom stereocenters. The number of carbonyl (C=O) groups is 2. The fourth-order valence-electron chi connectivity index (χ4n) is 2.94. The smallest absolute Gasteiger partial charge is 0.338 e. The lowest BCUT2D eigenvalue weighted by Crippen LogP contribution is -2.30. The summed E-state index contributed by atoms with van der Waals surface area (Å²) in [5, 5.41) is 2.47. The topological polar surface area (TPSA) is 92.8 Å². The van der Waals surface area contributed by atoms with Crippen LogP contribution in [0.2, 0.25) is 0 Å². The van der Waals surface area contributed by atoms with E-state index in [1.54, 1.807) is 12.1 Å². The molecular weight excluding hydrogens is 387 g/mol. The van der Waals surface area contributed by atoms with Crippen LogP contribution in [0, 0.1) is 5.82 Å². The van der Waals surface area contributed by atoms with E-state index in [0.29, 0.717) is 18.7 Å². The zero-order valence-electron chi connectivity index (χ0n) is 15.3. The minimum atomic E-state index is -3.37. The van der Waals surface area contributed by atoms with E-state index < -0.39 is 33.8 Å². The Balaban J connectivity index is 1.67. The first-order valence-electron chi connectivity index (χ1n) is 8.53. The molecule has 1 atom stereocenters. The number of nitrogens with zero attached hydrogens (tertiary/aromatic N) is 1. The molecule has 0 spiro atoms. The van der Waals surface area contributed by atoms with Crippen molar-refractivity contribution < 1.29 is 27.1 Å². The maximum Gasteiger partial charge on any atom is 0.338 e. The maximum absolute atomic E-state index is 13.2. The molecule has 9 heteroatoms. The normalized spacial score (nSPS) is 14.3. The molecule has 1 amide bonds. The Morgan fingerprint density at radius 1 is 1.21 bits per heavy atom. The predicted octanol–water partition coefficient (Wildman–Crippen LogP) is 2.33. The molecule has 1 aliphatic rings. The molecule has 1 N–H and O–H groups in total. The van der Waals surface area contributed by atoms with Gasteiger partial charge in [0.2, 0.25) is 10.0 Å². The summed E-state index contributed by atoms with van der Waals surface area (Å²) in [7, 11) is -3.37. The number of halogens is 1. The number of hydrogen-bond donors (Lipinski definition) is 1. The molecule has 0 aliphatic carbocycles. The van der Waals surface area contributed by atoms with Gasteiger partial charge in [-0.1, -0.05) is 6.07 Å². The van der Waals surface area contributed by atoms with Crippen LogP contribution >= 0.6 is 0 Å². The molecule has 7 nitrogen and oxygen atoms in total. The maximum atomic E-state index is 13.2. The second-order valence-electron chi connectivity index (χ2n) is 6.48. The average molecular weight is 406 g/mol. The van der Waals surface area contributed by atoms with Crippen LogP contribution in [0.3, 0.4) is 0 Å². The minimum absolute atomic E-state index is 0.222. The number of sulfonamides is 1. The van der Waals surface area contributed by atoms with Crippen LogP contribution in [0.1, 0.15) is 22.8 Å². The number of anilines is 2. The number of esters is 1. The molecular formula is C19H19FN2O5S. The highest BCUT2D eigenvalue weighted by molar-refractivity contribution is 7.92. The molecule has 0 fully saturated rings. The number of rotatable bonds is 5. The number of carbonyl (C=O) groups excluding carboxylic acids is 2. The molecule has 1 heterocycles. The largest absolute Gasteiger partial charge is 0.449 e. The molecule has 148 valence electrons. The molecule has 2 aromatic carbocycles.